The van der Waals surface area contributed by atoms with Gasteiger partial charge in [-0.1, -0.05) is 12.1 Å². The lowest BCUT2D eigenvalue weighted by molar-refractivity contribution is -0.256. The van der Waals surface area contributed by atoms with Crippen LogP contribution in [0, 0.1) is 0 Å². The van der Waals surface area contributed by atoms with E-state index < -0.39 is 59.3 Å². The van der Waals surface area contributed by atoms with E-state index in [-0.39, 0.29) is 50.0 Å². The van der Waals surface area contributed by atoms with Crippen LogP contribution in [0.4, 0.5) is 18.0 Å². The summed E-state index contributed by atoms with van der Waals surface area (Å²) in [4.78, 5) is 47.6. The zero-order chi connectivity index (χ0) is 28.3. The number of nitrogens with one attached hydrogen (secondary N) is 2. The first-order valence-corrected chi connectivity index (χ1v) is 11.8. The zero-order valence-electron chi connectivity index (χ0n) is 20.2. The summed E-state index contributed by atoms with van der Waals surface area (Å²) in [7, 11) is 0. The standard InChI is InChI=1S/C22H25F3N8O6/c23-22(24,25)11-3-1-2-10(6-11)7-28-19(36)39-13-9-33-18(27)29-12(8-32-14(34)4-5-15(32)35)16-20(33,21(13,37)38)31-17(26)30-16/h1-3,6,12-13,16,37-38H,4-5,7-9H2,(H2,27,29)(H,28,36)(H3,26,30,31)/t12?,13-,16?,20?/m0/s1. The second kappa shape index (κ2) is 8.98. The van der Waals surface area contributed by atoms with E-state index in [9.17, 15) is 37.8 Å². The van der Waals surface area contributed by atoms with Gasteiger partial charge >= 0.3 is 12.3 Å². The maximum Gasteiger partial charge on any atom is 0.416 e. The highest BCUT2D eigenvalue weighted by Gasteiger charge is 2.74. The molecule has 4 heterocycles. The molecule has 4 aliphatic rings. The molecule has 14 nitrogen and oxygen atoms in total. The number of carbonyl (C=O) groups is 3. The zero-order valence-corrected chi connectivity index (χ0v) is 20.2. The number of nitrogens with two attached hydrogens (primary N) is 2. The van der Waals surface area contributed by atoms with Gasteiger partial charge in [0, 0.05) is 19.4 Å². The van der Waals surface area contributed by atoms with Crippen molar-refractivity contribution in [2.24, 2.45) is 21.5 Å². The predicted octanol–water partition coefficient (Wildman–Crippen LogP) is -1.87. The van der Waals surface area contributed by atoms with E-state index in [0.29, 0.717) is 0 Å². The number of alkyl halides is 3. The van der Waals surface area contributed by atoms with E-state index >= 15 is 0 Å². The molecule has 4 atom stereocenters. The Labute approximate surface area is 218 Å². The van der Waals surface area contributed by atoms with Gasteiger partial charge in [-0.25, -0.2) is 14.8 Å². The van der Waals surface area contributed by atoms with Crippen molar-refractivity contribution in [2.75, 3.05) is 13.1 Å². The molecular weight excluding hydrogens is 529 g/mol. The van der Waals surface area contributed by atoms with Crippen molar-refractivity contribution < 1.29 is 42.5 Å². The summed E-state index contributed by atoms with van der Waals surface area (Å²) in [6, 6.07) is 2.12. The number of carbonyl (C=O) groups excluding carboxylic acids is 3. The predicted molar refractivity (Wildman–Crippen MR) is 125 cm³/mol. The summed E-state index contributed by atoms with van der Waals surface area (Å²) in [5, 5.41) is 27.6. The van der Waals surface area contributed by atoms with Gasteiger partial charge in [-0.2, -0.15) is 13.2 Å². The Kier molecular flexibility index (Phi) is 6.10. The van der Waals surface area contributed by atoms with Gasteiger partial charge < -0.3 is 42.0 Å². The van der Waals surface area contributed by atoms with Gasteiger partial charge in [-0.05, 0) is 17.7 Å². The van der Waals surface area contributed by atoms with Crippen LogP contribution in [-0.2, 0) is 27.0 Å². The molecule has 1 spiro atoms. The molecule has 0 aliphatic carbocycles. The molecule has 3 amide bonds. The molecular formula is C22H25F3N8O6. The lowest BCUT2D eigenvalue weighted by atomic mass is 9.85. The van der Waals surface area contributed by atoms with Crippen LogP contribution in [0.2, 0.25) is 0 Å². The van der Waals surface area contributed by atoms with E-state index in [0.717, 1.165) is 17.0 Å². The number of nitrogens with zero attached hydrogens (tertiary/aromatic N) is 4. The van der Waals surface area contributed by atoms with Gasteiger partial charge in [0.15, 0.2) is 23.7 Å². The smallest absolute Gasteiger partial charge is 0.416 e. The quantitative estimate of drug-likeness (QED) is 0.176. The van der Waals surface area contributed by atoms with E-state index in [4.69, 9.17) is 16.2 Å². The number of amides is 3. The number of guanidine groups is 2. The third-order valence-corrected chi connectivity index (χ3v) is 7.21. The topological polar surface area (TPSA) is 208 Å². The maximum atomic E-state index is 13.0. The number of aliphatic imine (C=N–C) groups is 2. The van der Waals surface area contributed by atoms with Crippen LogP contribution in [0.1, 0.15) is 24.0 Å². The van der Waals surface area contributed by atoms with Crippen LogP contribution in [-0.4, -0.2) is 92.6 Å². The highest BCUT2D eigenvalue weighted by atomic mass is 19.4. The van der Waals surface area contributed by atoms with E-state index in [1.807, 2.05) is 0 Å². The average molecular weight is 554 g/mol. The fourth-order valence-electron chi connectivity index (χ4n) is 5.39. The fourth-order valence-corrected chi connectivity index (χ4v) is 5.39. The number of aliphatic hydroxyl groups is 2. The molecule has 0 bridgehead atoms. The molecule has 8 N–H and O–H groups in total. The van der Waals surface area contributed by atoms with E-state index in [1.165, 1.54) is 17.0 Å². The molecule has 210 valence electrons. The van der Waals surface area contributed by atoms with E-state index in [1.54, 1.807) is 0 Å². The molecule has 1 aromatic rings. The van der Waals surface area contributed by atoms with Gasteiger partial charge in [0.05, 0.1) is 24.7 Å². The van der Waals surface area contributed by atoms with Gasteiger partial charge in [0.25, 0.3) is 0 Å². The molecule has 39 heavy (non-hydrogen) atoms. The number of hydrogen-bond acceptors (Lipinski definition) is 12. The minimum absolute atomic E-state index is 0.0335. The average Bonchev–Trinajstić information content (AvgIpc) is 3.45. The van der Waals surface area contributed by atoms with E-state index in [2.05, 4.69) is 20.6 Å². The monoisotopic (exact) mass is 554 g/mol. The molecule has 0 saturated carbocycles. The third-order valence-electron chi connectivity index (χ3n) is 7.21. The van der Waals surface area contributed by atoms with Gasteiger partial charge in [0.1, 0.15) is 6.04 Å². The molecule has 1 aromatic carbocycles. The van der Waals surface area contributed by atoms with Crippen LogP contribution in [0.15, 0.2) is 34.3 Å². The first kappa shape index (κ1) is 26.5. The van der Waals surface area contributed by atoms with Gasteiger partial charge in [0.2, 0.25) is 17.6 Å². The summed E-state index contributed by atoms with van der Waals surface area (Å²) >= 11 is 0. The van der Waals surface area contributed by atoms with Crippen molar-refractivity contribution in [3.05, 3.63) is 35.4 Å². The minimum Gasteiger partial charge on any atom is -0.438 e. The van der Waals surface area contributed by atoms with Crippen LogP contribution in [0.5, 0.6) is 0 Å². The second-order valence-corrected chi connectivity index (χ2v) is 9.59. The Morgan fingerprint density at radius 2 is 1.90 bits per heavy atom. The lowest BCUT2D eigenvalue weighted by Gasteiger charge is -2.48. The lowest BCUT2D eigenvalue weighted by Crippen LogP contribution is -2.77. The van der Waals surface area contributed by atoms with Crippen LogP contribution >= 0.6 is 0 Å². The van der Waals surface area contributed by atoms with Crippen molar-refractivity contribution in [2.45, 2.75) is 55.2 Å². The second-order valence-electron chi connectivity index (χ2n) is 9.59. The third kappa shape index (κ3) is 4.26. The van der Waals surface area contributed by atoms with Gasteiger partial charge in [-0.3, -0.25) is 14.5 Å². The number of imide groups is 1. The summed E-state index contributed by atoms with van der Waals surface area (Å²) in [5.41, 5.74) is 9.29. The number of rotatable bonds is 5. The summed E-state index contributed by atoms with van der Waals surface area (Å²) in [6.07, 6.45) is -7.30. The molecule has 4 aliphatic heterocycles. The summed E-state index contributed by atoms with van der Waals surface area (Å²) < 4.78 is 44.1. The number of hydrogen-bond donors (Lipinski definition) is 6. The Hall–Kier alpha value is -4.12. The minimum atomic E-state index is -4.57. The number of alkyl carbamates (subject to hydrolysis) is 1. The molecule has 5 rings (SSSR count). The molecule has 3 unspecified atom stereocenters. The first-order chi connectivity index (χ1) is 18.2. The number of likely N-dealkylation sites (tertiary alicyclic amines) is 1. The highest BCUT2D eigenvalue weighted by Crippen LogP contribution is 2.46. The molecule has 17 heteroatoms. The fraction of sp³-hybridized carbons (Fsp3) is 0.500. The Bertz CT molecular complexity index is 1270. The molecule has 2 fully saturated rings. The number of benzene rings is 1. The van der Waals surface area contributed by atoms with Crippen molar-refractivity contribution >= 4 is 29.8 Å². The molecule has 0 radical (unpaired) electrons. The van der Waals surface area contributed by atoms with Crippen molar-refractivity contribution in [1.82, 2.24) is 20.4 Å². The Balaban J connectivity index is 1.33. The van der Waals surface area contributed by atoms with Crippen LogP contribution < -0.4 is 22.1 Å². The maximum absolute atomic E-state index is 13.0. The SMILES string of the molecule is NC1=NC2C(CN3C(=O)CCC3=O)N=C(N)N3C[C@H](OC(=O)NCc4cccc(C(F)(F)F)c4)C(O)(O)C23N1. The van der Waals surface area contributed by atoms with Gasteiger partial charge in [-0.15, -0.1) is 0 Å². The van der Waals surface area contributed by atoms with Crippen LogP contribution in [0.3, 0.4) is 0 Å². The Morgan fingerprint density at radius 1 is 1.21 bits per heavy atom. The largest absolute Gasteiger partial charge is 0.438 e. The van der Waals surface area contributed by atoms with Crippen molar-refractivity contribution in [3.63, 3.8) is 0 Å². The normalized spacial score (nSPS) is 29.4. The molecule has 0 aromatic heterocycles. The van der Waals surface area contributed by atoms with Crippen molar-refractivity contribution in [3.8, 4) is 0 Å². The van der Waals surface area contributed by atoms with Crippen molar-refractivity contribution in [1.29, 1.82) is 0 Å². The van der Waals surface area contributed by atoms with Crippen LogP contribution in [0.25, 0.3) is 0 Å². The summed E-state index contributed by atoms with van der Waals surface area (Å²) in [5.74, 6) is -4.14. The Morgan fingerprint density at radius 3 is 2.56 bits per heavy atom. The molecule has 2 saturated heterocycles. The number of halogens is 3. The number of ether oxygens (including phenoxy) is 1. The highest BCUT2D eigenvalue weighted by molar-refractivity contribution is 6.02. The first-order valence-electron chi connectivity index (χ1n) is 11.8. The summed E-state index contributed by atoms with van der Waals surface area (Å²) in [6.45, 7) is -0.954.